The van der Waals surface area contributed by atoms with Gasteiger partial charge in [0.05, 0.1) is 0 Å². The molecule has 7 heteroatoms. The van der Waals surface area contributed by atoms with Crippen LogP contribution in [0.15, 0.2) is 18.2 Å². The number of aryl methyl sites for hydroxylation is 2. The second kappa shape index (κ2) is 11.7. The zero-order valence-corrected chi connectivity index (χ0v) is 22.2. The van der Waals surface area contributed by atoms with Crippen LogP contribution < -0.4 is 10.6 Å². The maximum Gasteiger partial charge on any atom is 0.408 e. The largest absolute Gasteiger partial charge is 0.444 e. The molecule has 190 valence electrons. The van der Waals surface area contributed by atoms with Crippen LogP contribution in [-0.2, 0) is 14.3 Å². The summed E-state index contributed by atoms with van der Waals surface area (Å²) in [6, 6.07) is 4.35. The van der Waals surface area contributed by atoms with E-state index in [1.807, 2.05) is 32.0 Å². The Hall–Kier alpha value is -2.57. The third kappa shape index (κ3) is 7.74. The summed E-state index contributed by atoms with van der Waals surface area (Å²) < 4.78 is 5.34. The second-order valence-corrected chi connectivity index (χ2v) is 10.7. The molecule has 1 aliphatic carbocycles. The van der Waals surface area contributed by atoms with Crippen LogP contribution in [-0.4, -0.2) is 47.0 Å². The topological polar surface area (TPSA) is 87.7 Å². The Balaban J connectivity index is 2.37. The third-order valence-corrected chi connectivity index (χ3v) is 6.12. The van der Waals surface area contributed by atoms with Crippen molar-refractivity contribution in [1.82, 2.24) is 15.5 Å². The van der Waals surface area contributed by atoms with Gasteiger partial charge < -0.3 is 20.3 Å². The van der Waals surface area contributed by atoms with Crippen molar-refractivity contribution in [2.75, 3.05) is 6.54 Å². The molecule has 2 rings (SSSR count). The number of carbonyl (C=O) groups excluding carboxylic acids is 3. The number of ether oxygens (including phenoxy) is 1. The predicted octanol–water partition coefficient (Wildman–Crippen LogP) is 4.80. The van der Waals surface area contributed by atoms with E-state index in [9.17, 15) is 14.4 Å². The number of nitrogens with one attached hydrogen (secondary N) is 2. The molecule has 0 aromatic heterocycles. The van der Waals surface area contributed by atoms with Crippen LogP contribution in [0.5, 0.6) is 0 Å². The number of nitrogens with zero attached hydrogens (tertiary/aromatic N) is 1. The molecule has 2 N–H and O–H groups in total. The van der Waals surface area contributed by atoms with E-state index < -0.39 is 23.8 Å². The van der Waals surface area contributed by atoms with Crippen molar-refractivity contribution >= 4 is 17.9 Å². The lowest BCUT2D eigenvalue weighted by atomic mass is 9.96. The molecule has 1 aliphatic rings. The fraction of sp³-hybridized carbons (Fsp3) is 0.667. The van der Waals surface area contributed by atoms with Gasteiger partial charge in [-0.2, -0.15) is 0 Å². The quantitative estimate of drug-likeness (QED) is 0.478. The van der Waals surface area contributed by atoms with Crippen LogP contribution >= 0.6 is 0 Å². The minimum atomic E-state index is -0.830. The molecule has 0 radical (unpaired) electrons. The van der Waals surface area contributed by atoms with Crippen LogP contribution in [0.25, 0.3) is 0 Å². The zero-order chi connectivity index (χ0) is 25.6. The summed E-state index contributed by atoms with van der Waals surface area (Å²) in [6.45, 7) is 15.7. The van der Waals surface area contributed by atoms with Crippen LogP contribution in [0, 0.1) is 19.8 Å². The number of hydrogen-bond donors (Lipinski definition) is 2. The first-order chi connectivity index (χ1) is 15.9. The number of benzene rings is 1. The first-order valence-electron chi connectivity index (χ1n) is 12.5. The third-order valence-electron chi connectivity index (χ3n) is 6.12. The van der Waals surface area contributed by atoms with E-state index in [2.05, 4.69) is 24.5 Å². The molecule has 1 aromatic carbocycles. The molecule has 7 nitrogen and oxygen atoms in total. The summed E-state index contributed by atoms with van der Waals surface area (Å²) in [6.07, 6.45) is 3.17. The van der Waals surface area contributed by atoms with Gasteiger partial charge in [0.2, 0.25) is 11.8 Å². The molecule has 34 heavy (non-hydrogen) atoms. The average Bonchev–Trinajstić information content (AvgIpc) is 3.45. The van der Waals surface area contributed by atoms with Crippen molar-refractivity contribution in [2.24, 2.45) is 5.92 Å². The van der Waals surface area contributed by atoms with Crippen molar-refractivity contribution in [3.63, 3.8) is 0 Å². The molecular formula is C27H43N3O4. The van der Waals surface area contributed by atoms with Gasteiger partial charge in [0, 0.05) is 12.6 Å². The Morgan fingerprint density at radius 2 is 1.82 bits per heavy atom. The van der Waals surface area contributed by atoms with Crippen molar-refractivity contribution in [2.45, 2.75) is 105 Å². The van der Waals surface area contributed by atoms with Gasteiger partial charge in [-0.05, 0) is 71.4 Å². The minimum absolute atomic E-state index is 0.0540. The molecule has 3 amide bonds. The van der Waals surface area contributed by atoms with Gasteiger partial charge in [0.15, 0.2) is 0 Å². The van der Waals surface area contributed by atoms with Crippen LogP contribution in [0.4, 0.5) is 4.79 Å². The van der Waals surface area contributed by atoms with E-state index in [0.717, 1.165) is 42.4 Å². The fourth-order valence-electron chi connectivity index (χ4n) is 4.10. The molecule has 1 fully saturated rings. The molecule has 4 atom stereocenters. The number of rotatable bonds is 10. The van der Waals surface area contributed by atoms with E-state index in [0.29, 0.717) is 6.54 Å². The molecule has 0 bridgehead atoms. The smallest absolute Gasteiger partial charge is 0.408 e. The highest BCUT2D eigenvalue weighted by Gasteiger charge is 2.47. The van der Waals surface area contributed by atoms with Crippen molar-refractivity contribution in [3.05, 3.63) is 34.9 Å². The maximum atomic E-state index is 13.7. The highest BCUT2D eigenvalue weighted by atomic mass is 16.6. The lowest BCUT2D eigenvalue weighted by Gasteiger charge is -2.35. The standard InChI is InChI=1S/C27H43N3O4/c1-9-10-11-14-28-24(31)23(21-15-17(2)12-13-18(21)3)30(22-16-19(22)4)25(32)20(5)29-26(33)34-27(6,7)8/h12-13,15,19-20,22-23H,9-11,14,16H2,1-8H3,(H,28,31)(H,29,33). The Morgan fingerprint density at radius 1 is 1.18 bits per heavy atom. The molecule has 0 saturated heterocycles. The summed E-state index contributed by atoms with van der Waals surface area (Å²) in [5.74, 6) is -0.172. The summed E-state index contributed by atoms with van der Waals surface area (Å²) in [5, 5.41) is 5.72. The van der Waals surface area contributed by atoms with Crippen LogP contribution in [0.1, 0.15) is 90.0 Å². The highest BCUT2D eigenvalue weighted by Crippen LogP contribution is 2.41. The number of hydrogen-bond acceptors (Lipinski definition) is 4. The van der Waals surface area contributed by atoms with E-state index in [1.165, 1.54) is 0 Å². The predicted molar refractivity (Wildman–Crippen MR) is 134 cm³/mol. The summed E-state index contributed by atoms with van der Waals surface area (Å²) in [4.78, 5) is 41.3. The molecular weight excluding hydrogens is 430 g/mol. The lowest BCUT2D eigenvalue weighted by molar-refractivity contribution is -0.143. The zero-order valence-electron chi connectivity index (χ0n) is 22.2. The maximum absolute atomic E-state index is 13.7. The van der Waals surface area contributed by atoms with E-state index >= 15 is 0 Å². The fourth-order valence-corrected chi connectivity index (χ4v) is 4.10. The Kier molecular flexibility index (Phi) is 9.54. The second-order valence-electron chi connectivity index (χ2n) is 10.7. The molecule has 0 aliphatic heterocycles. The molecule has 0 heterocycles. The van der Waals surface area contributed by atoms with Gasteiger partial charge in [0.25, 0.3) is 0 Å². The van der Waals surface area contributed by atoms with Gasteiger partial charge in [0.1, 0.15) is 17.7 Å². The number of amides is 3. The number of unbranched alkanes of at least 4 members (excludes halogenated alkanes) is 2. The molecule has 0 spiro atoms. The Labute approximate surface area is 205 Å². The van der Waals surface area contributed by atoms with Gasteiger partial charge >= 0.3 is 6.09 Å². The van der Waals surface area contributed by atoms with E-state index in [-0.39, 0.29) is 23.8 Å². The van der Waals surface area contributed by atoms with Crippen molar-refractivity contribution in [1.29, 1.82) is 0 Å². The molecule has 1 aromatic rings. The first-order valence-corrected chi connectivity index (χ1v) is 12.5. The highest BCUT2D eigenvalue weighted by molar-refractivity contribution is 5.92. The summed E-state index contributed by atoms with van der Waals surface area (Å²) >= 11 is 0. The van der Waals surface area contributed by atoms with Gasteiger partial charge in [-0.1, -0.05) is 50.5 Å². The summed E-state index contributed by atoms with van der Waals surface area (Å²) in [7, 11) is 0. The normalized spacial score (nSPS) is 19.1. The Bertz CT molecular complexity index is 877. The summed E-state index contributed by atoms with van der Waals surface area (Å²) in [5.41, 5.74) is 2.14. The van der Waals surface area contributed by atoms with Crippen LogP contribution in [0.3, 0.4) is 0 Å². The minimum Gasteiger partial charge on any atom is -0.444 e. The van der Waals surface area contributed by atoms with Gasteiger partial charge in [-0.15, -0.1) is 0 Å². The Morgan fingerprint density at radius 3 is 2.38 bits per heavy atom. The SMILES string of the molecule is CCCCCNC(=O)C(c1cc(C)ccc1C)N(C(=O)C(C)NC(=O)OC(C)(C)C)C1CC1C. The van der Waals surface area contributed by atoms with Gasteiger partial charge in [-0.25, -0.2) is 4.79 Å². The molecule has 4 unspecified atom stereocenters. The first kappa shape index (κ1) is 27.7. The monoisotopic (exact) mass is 473 g/mol. The van der Waals surface area contributed by atoms with E-state index in [4.69, 9.17) is 4.74 Å². The van der Waals surface area contributed by atoms with Crippen molar-refractivity contribution < 1.29 is 19.1 Å². The number of carbonyl (C=O) groups is 3. The van der Waals surface area contributed by atoms with Gasteiger partial charge in [-0.3, -0.25) is 9.59 Å². The van der Waals surface area contributed by atoms with Crippen LogP contribution in [0.2, 0.25) is 0 Å². The lowest BCUT2D eigenvalue weighted by Crippen LogP contribution is -2.53. The van der Waals surface area contributed by atoms with Crippen molar-refractivity contribution in [3.8, 4) is 0 Å². The molecule has 1 saturated carbocycles. The average molecular weight is 474 g/mol. The van der Waals surface area contributed by atoms with E-state index in [1.54, 1.807) is 32.6 Å². The number of alkyl carbamates (subject to hydrolysis) is 1.